The minimum atomic E-state index is 0.606. The second-order valence-corrected chi connectivity index (χ2v) is 4.67. The predicted octanol–water partition coefficient (Wildman–Crippen LogP) is 4.11. The molecule has 0 spiro atoms. The molecule has 0 N–H and O–H groups in total. The average molecular weight is 218 g/mol. The summed E-state index contributed by atoms with van der Waals surface area (Å²) in [4.78, 5) is 10.2. The number of unbranched alkanes of at least 4 members (excludes halogenated alkanes) is 3. The van der Waals surface area contributed by atoms with Gasteiger partial charge in [-0.1, -0.05) is 44.5 Å². The lowest BCUT2D eigenvalue weighted by atomic mass is 9.98. The zero-order valence-corrected chi connectivity index (χ0v) is 10.4. The van der Waals surface area contributed by atoms with Gasteiger partial charge in [-0.25, -0.2) is 0 Å². The van der Waals surface area contributed by atoms with E-state index in [4.69, 9.17) is 0 Å². The molecule has 0 saturated heterocycles. The van der Waals surface area contributed by atoms with Crippen molar-refractivity contribution in [1.82, 2.24) is 0 Å². The van der Waals surface area contributed by atoms with Crippen LogP contribution in [-0.4, -0.2) is 6.29 Å². The van der Waals surface area contributed by atoms with Crippen molar-refractivity contribution in [3.05, 3.63) is 35.4 Å². The number of hydrogen-bond donors (Lipinski definition) is 0. The van der Waals surface area contributed by atoms with Gasteiger partial charge < -0.3 is 4.79 Å². The largest absolute Gasteiger partial charge is 0.303 e. The molecule has 1 aromatic carbocycles. The number of rotatable bonds is 7. The van der Waals surface area contributed by atoms with Gasteiger partial charge >= 0.3 is 0 Å². The van der Waals surface area contributed by atoms with Crippen molar-refractivity contribution >= 4 is 6.29 Å². The smallest absolute Gasteiger partial charge is 0.119 e. The predicted molar refractivity (Wildman–Crippen MR) is 68.8 cm³/mol. The quantitative estimate of drug-likeness (QED) is 0.497. The summed E-state index contributed by atoms with van der Waals surface area (Å²) in [5.41, 5.74) is 2.85. The summed E-state index contributed by atoms with van der Waals surface area (Å²) in [6.45, 7) is 4.45. The van der Waals surface area contributed by atoms with Crippen LogP contribution in [0.1, 0.15) is 56.6 Å². The highest BCUT2D eigenvalue weighted by atomic mass is 16.1. The molecule has 16 heavy (non-hydrogen) atoms. The van der Waals surface area contributed by atoms with Crippen LogP contribution in [0.2, 0.25) is 0 Å². The molecular formula is C15H22O. The Hall–Kier alpha value is -1.11. The van der Waals surface area contributed by atoms with Gasteiger partial charge in [-0.2, -0.15) is 0 Å². The van der Waals surface area contributed by atoms with E-state index < -0.39 is 0 Å². The van der Waals surface area contributed by atoms with Gasteiger partial charge in [0.1, 0.15) is 6.29 Å². The van der Waals surface area contributed by atoms with Gasteiger partial charge in [0.05, 0.1) is 0 Å². The fraction of sp³-hybridized carbons (Fsp3) is 0.533. The molecule has 0 atom stereocenters. The van der Waals surface area contributed by atoms with Crippen LogP contribution in [-0.2, 0) is 11.2 Å². The minimum Gasteiger partial charge on any atom is -0.303 e. The summed E-state index contributed by atoms with van der Waals surface area (Å²) < 4.78 is 0. The lowest BCUT2D eigenvalue weighted by molar-refractivity contribution is -0.107. The molecule has 0 bridgehead atoms. The Labute approximate surface area is 98.9 Å². The molecule has 1 heteroatoms. The van der Waals surface area contributed by atoms with E-state index in [1.807, 2.05) is 0 Å². The minimum absolute atomic E-state index is 0.606. The Kier molecular flexibility index (Phi) is 5.84. The van der Waals surface area contributed by atoms with Crippen LogP contribution in [0.4, 0.5) is 0 Å². The normalized spacial score (nSPS) is 10.7. The number of carbonyl (C=O) groups is 1. The van der Waals surface area contributed by atoms with E-state index in [2.05, 4.69) is 38.1 Å². The van der Waals surface area contributed by atoms with Crippen molar-refractivity contribution in [1.29, 1.82) is 0 Å². The number of aryl methyl sites for hydroxylation is 1. The topological polar surface area (TPSA) is 17.1 Å². The van der Waals surface area contributed by atoms with Gasteiger partial charge in [-0.05, 0) is 36.3 Å². The Morgan fingerprint density at radius 2 is 2.00 bits per heavy atom. The first-order valence-electron chi connectivity index (χ1n) is 6.26. The third-order valence-corrected chi connectivity index (χ3v) is 2.91. The molecule has 1 nitrogen and oxygen atoms in total. The summed E-state index contributed by atoms with van der Waals surface area (Å²) in [6.07, 6.45) is 6.25. The lowest BCUT2D eigenvalue weighted by Crippen LogP contribution is -1.91. The molecule has 0 unspecified atom stereocenters. The molecular weight excluding hydrogens is 196 g/mol. The van der Waals surface area contributed by atoms with Gasteiger partial charge in [0.15, 0.2) is 0 Å². The van der Waals surface area contributed by atoms with Crippen molar-refractivity contribution < 1.29 is 4.79 Å². The zero-order valence-electron chi connectivity index (χ0n) is 10.4. The molecule has 0 heterocycles. The number of hydrogen-bond acceptors (Lipinski definition) is 1. The van der Waals surface area contributed by atoms with Crippen LogP contribution in [0.3, 0.4) is 0 Å². The first-order chi connectivity index (χ1) is 7.74. The van der Waals surface area contributed by atoms with E-state index >= 15 is 0 Å². The maximum absolute atomic E-state index is 10.2. The van der Waals surface area contributed by atoms with Gasteiger partial charge in [0.25, 0.3) is 0 Å². The van der Waals surface area contributed by atoms with Crippen LogP contribution < -0.4 is 0 Å². The third-order valence-electron chi connectivity index (χ3n) is 2.91. The summed E-state index contributed by atoms with van der Waals surface area (Å²) >= 11 is 0. The molecule has 0 aliphatic heterocycles. The highest BCUT2D eigenvalue weighted by Crippen LogP contribution is 2.17. The van der Waals surface area contributed by atoms with E-state index in [-0.39, 0.29) is 0 Å². The molecule has 1 rings (SSSR count). The molecule has 0 aliphatic rings. The Bertz CT molecular complexity index is 315. The molecule has 0 aromatic heterocycles. The van der Waals surface area contributed by atoms with Gasteiger partial charge in [0.2, 0.25) is 0 Å². The highest BCUT2D eigenvalue weighted by molar-refractivity contribution is 5.48. The molecule has 0 saturated carbocycles. The van der Waals surface area contributed by atoms with Crippen LogP contribution in [0.25, 0.3) is 0 Å². The maximum Gasteiger partial charge on any atom is 0.119 e. The van der Waals surface area contributed by atoms with Crippen molar-refractivity contribution in [2.24, 2.45) is 0 Å². The van der Waals surface area contributed by atoms with Crippen molar-refractivity contribution in [2.45, 2.75) is 51.9 Å². The van der Waals surface area contributed by atoms with Crippen LogP contribution in [0.15, 0.2) is 24.3 Å². The number of carbonyl (C=O) groups excluding carboxylic acids is 1. The number of aldehydes is 1. The van der Waals surface area contributed by atoms with Gasteiger partial charge in [-0.15, -0.1) is 0 Å². The second-order valence-electron chi connectivity index (χ2n) is 4.67. The standard InChI is InChI=1S/C15H22O/c1-13(2)15-10-7-9-14(12-15)8-5-3-4-6-11-16/h7,9-13H,3-6,8H2,1-2H3. The van der Waals surface area contributed by atoms with E-state index in [0.29, 0.717) is 12.3 Å². The van der Waals surface area contributed by atoms with Crippen LogP contribution in [0, 0.1) is 0 Å². The van der Waals surface area contributed by atoms with E-state index in [0.717, 1.165) is 25.5 Å². The molecule has 0 radical (unpaired) electrons. The number of benzene rings is 1. The lowest BCUT2D eigenvalue weighted by Gasteiger charge is -2.07. The van der Waals surface area contributed by atoms with Crippen LogP contribution >= 0.6 is 0 Å². The Morgan fingerprint density at radius 3 is 2.69 bits per heavy atom. The Balaban J connectivity index is 2.36. The highest BCUT2D eigenvalue weighted by Gasteiger charge is 2.00. The average Bonchev–Trinajstić information content (AvgIpc) is 2.29. The summed E-state index contributed by atoms with van der Waals surface area (Å²) in [5, 5.41) is 0. The summed E-state index contributed by atoms with van der Waals surface area (Å²) in [7, 11) is 0. The molecule has 0 fully saturated rings. The SMILES string of the molecule is CC(C)c1cccc(CCCCCC=O)c1. The molecule has 88 valence electrons. The zero-order chi connectivity index (χ0) is 11.8. The summed E-state index contributed by atoms with van der Waals surface area (Å²) in [6, 6.07) is 8.85. The van der Waals surface area contributed by atoms with Crippen LogP contribution in [0.5, 0.6) is 0 Å². The first kappa shape index (κ1) is 13.0. The molecule has 0 amide bonds. The van der Waals surface area contributed by atoms with E-state index in [1.165, 1.54) is 17.5 Å². The van der Waals surface area contributed by atoms with Gasteiger partial charge in [0, 0.05) is 6.42 Å². The molecule has 1 aromatic rings. The summed E-state index contributed by atoms with van der Waals surface area (Å²) in [5.74, 6) is 0.606. The molecule has 0 aliphatic carbocycles. The van der Waals surface area contributed by atoms with E-state index in [9.17, 15) is 4.79 Å². The first-order valence-corrected chi connectivity index (χ1v) is 6.26. The Morgan fingerprint density at radius 1 is 1.19 bits per heavy atom. The van der Waals surface area contributed by atoms with Crippen molar-refractivity contribution in [2.75, 3.05) is 0 Å². The fourth-order valence-electron chi connectivity index (χ4n) is 1.84. The monoisotopic (exact) mass is 218 g/mol. The van der Waals surface area contributed by atoms with Crippen molar-refractivity contribution in [3.63, 3.8) is 0 Å². The van der Waals surface area contributed by atoms with Gasteiger partial charge in [-0.3, -0.25) is 0 Å². The van der Waals surface area contributed by atoms with Crippen molar-refractivity contribution in [3.8, 4) is 0 Å². The maximum atomic E-state index is 10.2. The second kappa shape index (κ2) is 7.21. The fourth-order valence-corrected chi connectivity index (χ4v) is 1.84. The third kappa shape index (κ3) is 4.61. The van der Waals surface area contributed by atoms with E-state index in [1.54, 1.807) is 0 Å².